The average molecular weight is 772 g/mol. The second-order valence-corrected chi connectivity index (χ2v) is 15.2. The van der Waals surface area contributed by atoms with E-state index in [4.69, 9.17) is 15.3 Å². The Bertz CT molecular complexity index is 3270. The van der Waals surface area contributed by atoms with Crippen molar-refractivity contribution in [1.29, 1.82) is 0 Å². The van der Waals surface area contributed by atoms with Gasteiger partial charge in [0.25, 0.3) is 0 Å². The molecule has 0 bridgehead atoms. The summed E-state index contributed by atoms with van der Waals surface area (Å²) in [4.78, 5) is 0. The number of nitrogens with zero attached hydrogens (tertiary/aromatic N) is 9. The van der Waals surface area contributed by atoms with Crippen molar-refractivity contribution in [2.75, 3.05) is 0 Å². The first-order valence-electron chi connectivity index (χ1n) is 20.1. The first-order chi connectivity index (χ1) is 29.7. The molecular weight excluding hydrogens is 739 g/mol. The summed E-state index contributed by atoms with van der Waals surface area (Å²) >= 11 is 0. The fourth-order valence-electron chi connectivity index (χ4n) is 9.04. The maximum atomic E-state index is 5.42. The Morgan fingerprint density at radius 2 is 0.533 bits per heavy atom. The van der Waals surface area contributed by atoms with E-state index < -0.39 is 0 Å². The Balaban J connectivity index is 1.12. The van der Waals surface area contributed by atoms with Crippen LogP contribution in [-0.4, -0.2) is 42.5 Å². The standard InChI is InChI=1S/C51H33N9/c1-4-19-37(20-5-1)55-43-25-13-10-16-34(43)28-46(55)40-31-49-58(52-40)50-32-41(47-29-35-17-11-14-26-44(35)56(47)38-21-6-2-7-22-38)54-60(50)51-33-42(53-59(49)51)48-30-36-18-12-15-27-45(36)57(48)39-23-8-3-9-24-39/h1-33H. The fraction of sp³-hybridized carbons (Fsp3) is 0. The SMILES string of the molecule is c1ccc(-n2c(-c3cc4n(n3)c3cc(-c5cc6ccccc6n5-c5ccccc5)nn3c3cc(-c5cc6ccccc6n5-c5ccccc5)nn43)cc3ccccc32)cc1. The monoisotopic (exact) mass is 771 g/mol. The maximum absolute atomic E-state index is 5.42. The van der Waals surface area contributed by atoms with E-state index in [0.717, 1.165) is 101 Å². The molecule has 0 radical (unpaired) electrons. The number of hydrogen-bond donors (Lipinski definition) is 0. The normalized spacial score (nSPS) is 12.0. The van der Waals surface area contributed by atoms with Gasteiger partial charge in [0.05, 0.1) is 33.6 Å². The molecule has 0 atom stereocenters. The van der Waals surface area contributed by atoms with Gasteiger partial charge in [0.1, 0.15) is 17.1 Å². The van der Waals surface area contributed by atoms with Crippen LogP contribution in [-0.2, 0) is 0 Å². The molecule has 0 amide bonds. The van der Waals surface area contributed by atoms with Gasteiger partial charge in [-0.3, -0.25) is 0 Å². The van der Waals surface area contributed by atoms with Crippen LogP contribution in [0.3, 0.4) is 0 Å². The van der Waals surface area contributed by atoms with Crippen LogP contribution in [0.15, 0.2) is 200 Å². The molecule has 0 aliphatic rings. The minimum atomic E-state index is 0.820. The molecule has 6 aromatic carbocycles. The third-order valence-corrected chi connectivity index (χ3v) is 11.7. The highest BCUT2D eigenvalue weighted by molar-refractivity contribution is 5.92. The van der Waals surface area contributed by atoms with Gasteiger partial charge in [-0.2, -0.15) is 28.8 Å². The van der Waals surface area contributed by atoms with Crippen LogP contribution in [0.1, 0.15) is 0 Å². The molecule has 9 nitrogen and oxygen atoms in total. The Labute approximate surface area is 342 Å². The van der Waals surface area contributed by atoms with Crippen LogP contribution < -0.4 is 0 Å². The van der Waals surface area contributed by atoms with Crippen molar-refractivity contribution in [2.45, 2.75) is 0 Å². The first kappa shape index (κ1) is 32.6. The van der Waals surface area contributed by atoms with Crippen LogP contribution in [0.4, 0.5) is 0 Å². The maximum Gasteiger partial charge on any atom is 0.162 e. The van der Waals surface area contributed by atoms with E-state index in [-0.39, 0.29) is 0 Å². The largest absolute Gasteiger partial charge is 0.308 e. The highest BCUT2D eigenvalue weighted by atomic mass is 15.4. The third-order valence-electron chi connectivity index (χ3n) is 11.7. The van der Waals surface area contributed by atoms with Crippen molar-refractivity contribution in [3.63, 3.8) is 0 Å². The van der Waals surface area contributed by atoms with Gasteiger partial charge in [0.2, 0.25) is 0 Å². The fourth-order valence-corrected chi connectivity index (χ4v) is 9.04. The number of aromatic nitrogens is 9. The summed E-state index contributed by atoms with van der Waals surface area (Å²) in [6, 6.07) is 70.1. The molecule has 0 spiro atoms. The number of hydrogen-bond acceptors (Lipinski definition) is 3. The van der Waals surface area contributed by atoms with Crippen molar-refractivity contribution in [1.82, 2.24) is 42.5 Å². The summed E-state index contributed by atoms with van der Waals surface area (Å²) in [7, 11) is 0. The lowest BCUT2D eigenvalue weighted by atomic mass is 10.2. The minimum absolute atomic E-state index is 0.820. The smallest absolute Gasteiger partial charge is 0.162 e. The number of rotatable bonds is 6. The molecule has 0 fully saturated rings. The zero-order valence-corrected chi connectivity index (χ0v) is 32.1. The van der Waals surface area contributed by atoms with Crippen LogP contribution in [0.2, 0.25) is 0 Å². The summed E-state index contributed by atoms with van der Waals surface area (Å²) in [6.07, 6.45) is 0. The van der Waals surface area contributed by atoms with E-state index >= 15 is 0 Å². The molecule has 0 saturated heterocycles. The molecule has 9 heteroatoms. The molecule has 13 aromatic rings. The zero-order valence-electron chi connectivity index (χ0n) is 32.1. The molecule has 13 rings (SSSR count). The topological polar surface area (TPSA) is 66.7 Å². The molecule has 282 valence electrons. The zero-order chi connectivity index (χ0) is 39.3. The number of para-hydroxylation sites is 6. The van der Waals surface area contributed by atoms with Crippen molar-refractivity contribution < 1.29 is 0 Å². The third kappa shape index (κ3) is 4.77. The van der Waals surface area contributed by atoms with E-state index in [1.165, 1.54) is 0 Å². The Kier molecular flexibility index (Phi) is 6.82. The van der Waals surface area contributed by atoms with E-state index in [1.54, 1.807) is 0 Å². The van der Waals surface area contributed by atoms with E-state index in [9.17, 15) is 0 Å². The molecule has 0 unspecified atom stereocenters. The quantitative estimate of drug-likeness (QED) is 0.169. The Hall–Kier alpha value is -8.43. The Morgan fingerprint density at radius 1 is 0.267 bits per heavy atom. The van der Waals surface area contributed by atoms with Gasteiger partial charge in [-0.05, 0) is 72.8 Å². The van der Waals surface area contributed by atoms with Crippen LogP contribution in [0.25, 0.3) is 101 Å². The van der Waals surface area contributed by atoms with Crippen molar-refractivity contribution in [3.8, 4) is 51.2 Å². The molecule has 60 heavy (non-hydrogen) atoms. The van der Waals surface area contributed by atoms with Gasteiger partial charge in [0, 0.05) is 51.4 Å². The summed E-state index contributed by atoms with van der Waals surface area (Å²) in [5.74, 6) is 0. The van der Waals surface area contributed by atoms with Gasteiger partial charge >= 0.3 is 0 Å². The summed E-state index contributed by atoms with van der Waals surface area (Å²) in [6.45, 7) is 0. The summed E-state index contributed by atoms with van der Waals surface area (Å²) in [5.41, 5.74) is 14.4. The molecular formula is C51H33N9. The molecule has 7 heterocycles. The van der Waals surface area contributed by atoms with Crippen LogP contribution in [0.5, 0.6) is 0 Å². The van der Waals surface area contributed by atoms with Crippen molar-refractivity contribution in [2.24, 2.45) is 0 Å². The second-order valence-electron chi connectivity index (χ2n) is 15.2. The van der Waals surface area contributed by atoms with Crippen molar-refractivity contribution >= 4 is 49.7 Å². The predicted molar refractivity (Wildman–Crippen MR) is 239 cm³/mol. The number of benzene rings is 6. The van der Waals surface area contributed by atoms with Crippen LogP contribution >= 0.6 is 0 Å². The molecule has 0 aliphatic carbocycles. The summed E-state index contributed by atoms with van der Waals surface area (Å²) < 4.78 is 12.8. The van der Waals surface area contributed by atoms with E-state index in [2.05, 4.69) is 196 Å². The summed E-state index contributed by atoms with van der Waals surface area (Å²) in [5, 5.41) is 19.7. The van der Waals surface area contributed by atoms with Gasteiger partial charge in [-0.1, -0.05) is 109 Å². The predicted octanol–water partition coefficient (Wildman–Crippen LogP) is 11.5. The van der Waals surface area contributed by atoms with Gasteiger partial charge in [0.15, 0.2) is 16.9 Å². The lowest BCUT2D eigenvalue weighted by Crippen LogP contribution is -2.05. The van der Waals surface area contributed by atoms with E-state index in [1.807, 2.05) is 31.7 Å². The average Bonchev–Trinajstić information content (AvgIpc) is 4.16. The second kappa shape index (κ2) is 12.5. The van der Waals surface area contributed by atoms with Crippen LogP contribution in [0, 0.1) is 0 Å². The molecule has 0 saturated carbocycles. The highest BCUT2D eigenvalue weighted by Gasteiger charge is 2.24. The first-order valence-corrected chi connectivity index (χ1v) is 20.1. The molecule has 7 aromatic heterocycles. The lowest BCUT2D eigenvalue weighted by molar-refractivity contribution is 0.829. The highest BCUT2D eigenvalue weighted by Crippen LogP contribution is 2.37. The molecule has 0 N–H and O–H groups in total. The minimum Gasteiger partial charge on any atom is -0.308 e. The van der Waals surface area contributed by atoms with Gasteiger partial charge in [-0.25, -0.2) is 0 Å². The van der Waals surface area contributed by atoms with Crippen molar-refractivity contribution in [3.05, 3.63) is 200 Å². The lowest BCUT2D eigenvalue weighted by Gasteiger charge is -2.09. The number of fused-ring (bicyclic) bond motifs is 9. The van der Waals surface area contributed by atoms with Gasteiger partial charge < -0.3 is 13.7 Å². The Morgan fingerprint density at radius 3 is 0.833 bits per heavy atom. The van der Waals surface area contributed by atoms with Gasteiger partial charge in [-0.15, -0.1) is 0 Å². The van der Waals surface area contributed by atoms with E-state index in [0.29, 0.717) is 0 Å². The molecule has 0 aliphatic heterocycles.